The Morgan fingerprint density at radius 1 is 1.29 bits per heavy atom. The molecule has 0 radical (unpaired) electrons. The maximum Gasteiger partial charge on any atom is 0.198 e. The minimum atomic E-state index is 0.154. The minimum absolute atomic E-state index is 0.154. The van der Waals surface area contributed by atoms with E-state index in [1.165, 1.54) is 25.9 Å². The lowest BCUT2D eigenvalue weighted by atomic mass is 9.76. The summed E-state index contributed by atoms with van der Waals surface area (Å²) >= 11 is 3.43. The second kappa shape index (κ2) is 5.25. The van der Waals surface area contributed by atoms with Gasteiger partial charge in [0.05, 0.1) is 0 Å². The molecule has 110 valence electrons. The number of ketones is 1. The van der Waals surface area contributed by atoms with Crippen molar-refractivity contribution < 1.29 is 9.21 Å². The van der Waals surface area contributed by atoms with E-state index in [0.717, 1.165) is 27.9 Å². The van der Waals surface area contributed by atoms with E-state index < -0.39 is 0 Å². The lowest BCUT2D eigenvalue weighted by Gasteiger charge is -2.44. The van der Waals surface area contributed by atoms with Crippen LogP contribution in [0, 0.1) is 11.8 Å². The molecule has 2 aromatic rings. The van der Waals surface area contributed by atoms with Gasteiger partial charge in [-0.1, -0.05) is 15.9 Å². The molecule has 21 heavy (non-hydrogen) atoms. The van der Waals surface area contributed by atoms with Crippen LogP contribution in [0.2, 0.25) is 0 Å². The summed E-state index contributed by atoms with van der Waals surface area (Å²) in [5.74, 6) is 1.91. The quantitative estimate of drug-likeness (QED) is 0.783. The third-order valence-corrected chi connectivity index (χ3v) is 5.49. The van der Waals surface area contributed by atoms with Crippen molar-refractivity contribution in [3.05, 3.63) is 34.5 Å². The molecule has 1 aromatic carbocycles. The molecule has 3 nitrogen and oxygen atoms in total. The largest absolute Gasteiger partial charge is 0.453 e. The number of halogens is 1. The zero-order chi connectivity index (χ0) is 14.4. The van der Waals surface area contributed by atoms with Crippen LogP contribution in [-0.2, 0) is 0 Å². The lowest BCUT2D eigenvalue weighted by molar-refractivity contribution is 0.0433. The number of furan rings is 1. The highest BCUT2D eigenvalue weighted by molar-refractivity contribution is 9.10. The van der Waals surface area contributed by atoms with Gasteiger partial charge in [0.1, 0.15) is 5.58 Å². The molecule has 3 fully saturated rings. The second-order valence-electron chi connectivity index (χ2n) is 6.32. The van der Waals surface area contributed by atoms with E-state index in [1.54, 1.807) is 0 Å². The fraction of sp³-hybridized carbons (Fsp3) is 0.471. The average Bonchev–Trinajstić information content (AvgIpc) is 2.91. The van der Waals surface area contributed by atoms with Crippen molar-refractivity contribution in [2.75, 3.05) is 19.6 Å². The van der Waals surface area contributed by atoms with E-state index >= 15 is 0 Å². The van der Waals surface area contributed by atoms with Gasteiger partial charge in [0.2, 0.25) is 0 Å². The number of hydrogen-bond donors (Lipinski definition) is 0. The Hall–Kier alpha value is -1.13. The lowest BCUT2D eigenvalue weighted by Crippen LogP contribution is -2.47. The summed E-state index contributed by atoms with van der Waals surface area (Å²) < 4.78 is 6.71. The van der Waals surface area contributed by atoms with Crippen molar-refractivity contribution in [2.45, 2.75) is 19.3 Å². The topological polar surface area (TPSA) is 33.5 Å². The van der Waals surface area contributed by atoms with E-state index in [1.807, 2.05) is 24.3 Å². The fourth-order valence-electron chi connectivity index (χ4n) is 3.80. The van der Waals surface area contributed by atoms with Crippen LogP contribution in [0.5, 0.6) is 0 Å². The molecule has 0 unspecified atom stereocenters. The molecule has 0 amide bonds. The summed E-state index contributed by atoms with van der Waals surface area (Å²) in [6.07, 6.45) is 3.14. The summed E-state index contributed by atoms with van der Waals surface area (Å²) in [5, 5.41) is 0.996. The molecule has 0 spiro atoms. The van der Waals surface area contributed by atoms with Crippen molar-refractivity contribution in [2.24, 2.45) is 11.8 Å². The van der Waals surface area contributed by atoms with Crippen molar-refractivity contribution in [1.29, 1.82) is 0 Å². The molecule has 0 aliphatic carbocycles. The van der Waals surface area contributed by atoms with Gasteiger partial charge in [0, 0.05) is 22.8 Å². The zero-order valence-electron chi connectivity index (χ0n) is 11.8. The van der Waals surface area contributed by atoms with Crippen LogP contribution in [0.15, 0.2) is 33.2 Å². The number of piperidine rings is 3. The maximum absolute atomic E-state index is 12.5. The van der Waals surface area contributed by atoms with Gasteiger partial charge >= 0.3 is 0 Å². The fourth-order valence-corrected chi connectivity index (χ4v) is 4.14. The monoisotopic (exact) mass is 347 g/mol. The van der Waals surface area contributed by atoms with Crippen LogP contribution in [0.1, 0.15) is 29.8 Å². The first-order chi connectivity index (χ1) is 10.2. The summed E-state index contributed by atoms with van der Waals surface area (Å²) in [6.45, 7) is 3.52. The van der Waals surface area contributed by atoms with Crippen LogP contribution in [0.3, 0.4) is 0 Å². The van der Waals surface area contributed by atoms with Gasteiger partial charge in [-0.15, -0.1) is 0 Å². The van der Waals surface area contributed by atoms with Crippen molar-refractivity contribution in [3.8, 4) is 0 Å². The van der Waals surface area contributed by atoms with Crippen LogP contribution in [-0.4, -0.2) is 30.3 Å². The smallest absolute Gasteiger partial charge is 0.198 e. The minimum Gasteiger partial charge on any atom is -0.453 e. The molecule has 3 saturated heterocycles. The van der Waals surface area contributed by atoms with Gasteiger partial charge < -0.3 is 9.32 Å². The highest BCUT2D eigenvalue weighted by Crippen LogP contribution is 2.35. The van der Waals surface area contributed by atoms with Gasteiger partial charge in [-0.2, -0.15) is 0 Å². The molecule has 3 aliphatic heterocycles. The molecule has 5 rings (SSSR count). The number of fused-ring (bicyclic) bond motifs is 4. The number of rotatable bonds is 3. The predicted molar refractivity (Wildman–Crippen MR) is 85.5 cm³/mol. The van der Waals surface area contributed by atoms with Crippen LogP contribution in [0.4, 0.5) is 0 Å². The molecule has 1 aromatic heterocycles. The van der Waals surface area contributed by atoms with Crippen molar-refractivity contribution >= 4 is 32.7 Å². The Morgan fingerprint density at radius 2 is 2.10 bits per heavy atom. The molecule has 0 N–H and O–H groups in total. The number of hydrogen-bond acceptors (Lipinski definition) is 3. The van der Waals surface area contributed by atoms with Crippen LogP contribution < -0.4 is 0 Å². The molecule has 4 heterocycles. The van der Waals surface area contributed by atoms with E-state index in [4.69, 9.17) is 4.42 Å². The summed E-state index contributed by atoms with van der Waals surface area (Å²) in [6, 6.07) is 7.75. The number of benzene rings is 1. The number of carbonyl (C=O) groups excluding carboxylic acids is 1. The number of nitrogens with zero attached hydrogens (tertiary/aromatic N) is 1. The Balaban J connectivity index is 1.53. The normalized spacial score (nSPS) is 28.1. The zero-order valence-corrected chi connectivity index (χ0v) is 13.4. The Morgan fingerprint density at radius 3 is 2.81 bits per heavy atom. The molecule has 3 aliphatic rings. The Labute approximate surface area is 132 Å². The second-order valence-corrected chi connectivity index (χ2v) is 7.23. The Kier molecular flexibility index (Phi) is 3.38. The SMILES string of the molecule is O=C(C[C@H]1CN2CCC1CC2)c1cc2ccc(Br)cc2o1. The molecular formula is C17H18BrNO2. The molecule has 4 heteroatoms. The first kappa shape index (κ1) is 13.5. The van der Waals surface area contributed by atoms with Gasteiger partial charge in [-0.25, -0.2) is 0 Å². The molecular weight excluding hydrogens is 330 g/mol. The van der Waals surface area contributed by atoms with E-state index in [-0.39, 0.29) is 5.78 Å². The number of Topliss-reactive ketones (excluding diaryl/α,β-unsaturated/α-hetero) is 1. The van der Waals surface area contributed by atoms with E-state index in [9.17, 15) is 4.79 Å². The maximum atomic E-state index is 12.5. The molecule has 2 bridgehead atoms. The van der Waals surface area contributed by atoms with Gasteiger partial charge in [0.15, 0.2) is 11.5 Å². The summed E-state index contributed by atoms with van der Waals surface area (Å²) in [7, 11) is 0. The van der Waals surface area contributed by atoms with Gasteiger partial charge in [-0.05, 0) is 62.0 Å². The average molecular weight is 348 g/mol. The van der Waals surface area contributed by atoms with Gasteiger partial charge in [-0.3, -0.25) is 4.79 Å². The third-order valence-electron chi connectivity index (χ3n) is 5.00. The first-order valence-electron chi connectivity index (χ1n) is 7.64. The predicted octanol–water partition coefficient (Wildman–Crippen LogP) is 4.11. The molecule has 1 atom stereocenters. The highest BCUT2D eigenvalue weighted by atomic mass is 79.9. The van der Waals surface area contributed by atoms with Crippen LogP contribution >= 0.6 is 15.9 Å². The van der Waals surface area contributed by atoms with Crippen molar-refractivity contribution in [3.63, 3.8) is 0 Å². The highest BCUT2D eigenvalue weighted by Gasteiger charge is 2.35. The first-order valence-corrected chi connectivity index (χ1v) is 8.43. The van der Waals surface area contributed by atoms with E-state index in [2.05, 4.69) is 20.8 Å². The van der Waals surface area contributed by atoms with Gasteiger partial charge in [0.25, 0.3) is 0 Å². The number of carbonyl (C=O) groups is 1. The van der Waals surface area contributed by atoms with Crippen LogP contribution in [0.25, 0.3) is 11.0 Å². The van der Waals surface area contributed by atoms with E-state index in [0.29, 0.717) is 18.1 Å². The van der Waals surface area contributed by atoms with Crippen molar-refractivity contribution in [1.82, 2.24) is 4.90 Å². The summed E-state index contributed by atoms with van der Waals surface area (Å²) in [4.78, 5) is 15.0. The molecule has 0 saturated carbocycles. The standard InChI is InChI=1S/C17H18BrNO2/c18-14-2-1-12-8-17(21-16(12)9-14)15(20)7-13-10-19-5-3-11(13)4-6-19/h1-2,8-9,11,13H,3-7,10H2/t13-/m0/s1. The summed E-state index contributed by atoms with van der Waals surface area (Å²) in [5.41, 5.74) is 0.779. The Bertz CT molecular complexity index is 685. The third kappa shape index (κ3) is 2.55.